The maximum atomic E-state index is 10.1. The molecule has 5 heteroatoms. The van der Waals surface area contributed by atoms with Gasteiger partial charge >= 0.3 is 0 Å². The number of nitrogens with zero attached hydrogens (tertiary/aromatic N) is 2. The summed E-state index contributed by atoms with van der Waals surface area (Å²) in [4.78, 5) is 0. The van der Waals surface area contributed by atoms with E-state index < -0.39 is 5.60 Å². The summed E-state index contributed by atoms with van der Waals surface area (Å²) < 4.78 is 1.91. The number of rotatable bonds is 5. The molecule has 0 aliphatic carbocycles. The molecule has 1 aliphatic rings. The lowest BCUT2D eigenvalue weighted by atomic mass is 10.0. The van der Waals surface area contributed by atoms with Crippen LogP contribution in [0.5, 0.6) is 0 Å². The topological polar surface area (TPSA) is 50.1 Å². The van der Waals surface area contributed by atoms with Crippen molar-refractivity contribution in [3.8, 4) is 0 Å². The molecule has 0 bridgehead atoms. The Morgan fingerprint density at radius 3 is 3.19 bits per heavy atom. The van der Waals surface area contributed by atoms with Gasteiger partial charge in [-0.05, 0) is 19.1 Å². The first kappa shape index (κ1) is 12.0. The average Bonchev–Trinajstić information content (AvgIpc) is 2.88. The van der Waals surface area contributed by atoms with Crippen LogP contribution in [-0.2, 0) is 13.1 Å². The van der Waals surface area contributed by atoms with Gasteiger partial charge in [0, 0.05) is 37.1 Å². The largest absolute Gasteiger partial charge is 0.388 e. The van der Waals surface area contributed by atoms with Crippen LogP contribution in [0.3, 0.4) is 0 Å². The molecule has 1 aromatic heterocycles. The van der Waals surface area contributed by atoms with E-state index >= 15 is 0 Å². The number of aliphatic hydroxyl groups is 1. The molecule has 1 aromatic rings. The average molecular weight is 241 g/mol. The summed E-state index contributed by atoms with van der Waals surface area (Å²) in [6, 6.07) is 0. The van der Waals surface area contributed by atoms with Crippen LogP contribution in [0.25, 0.3) is 0 Å². The lowest BCUT2D eigenvalue weighted by molar-refractivity contribution is 0.0674. The molecule has 2 N–H and O–H groups in total. The van der Waals surface area contributed by atoms with Crippen LogP contribution in [0.2, 0.25) is 0 Å². The van der Waals surface area contributed by atoms with Crippen molar-refractivity contribution in [2.45, 2.75) is 32.0 Å². The van der Waals surface area contributed by atoms with E-state index in [4.69, 9.17) is 0 Å². The summed E-state index contributed by atoms with van der Waals surface area (Å²) >= 11 is 1.83. The number of hydrogen-bond donors (Lipinski definition) is 2. The second kappa shape index (κ2) is 5.21. The van der Waals surface area contributed by atoms with Crippen LogP contribution in [0.4, 0.5) is 0 Å². The zero-order chi connectivity index (χ0) is 11.4. The van der Waals surface area contributed by atoms with Crippen molar-refractivity contribution in [1.29, 1.82) is 0 Å². The van der Waals surface area contributed by atoms with Gasteiger partial charge in [0.15, 0.2) is 0 Å². The number of aromatic nitrogens is 2. The standard InChI is InChI=1S/C11H19N3OS/c1-2-14-7-10(6-13-14)5-12-8-11(15)3-4-16-9-11/h6-7,12,15H,2-5,8-9H2,1H3. The third-order valence-electron chi connectivity index (χ3n) is 2.88. The molecule has 90 valence electrons. The maximum Gasteiger partial charge on any atom is 0.0869 e. The highest BCUT2D eigenvalue weighted by Gasteiger charge is 2.30. The molecular formula is C11H19N3OS. The molecule has 1 fully saturated rings. The van der Waals surface area contributed by atoms with Crippen LogP contribution in [-0.4, -0.2) is 38.5 Å². The minimum Gasteiger partial charge on any atom is -0.388 e. The second-order valence-corrected chi connectivity index (χ2v) is 5.44. The minimum atomic E-state index is -0.495. The Morgan fingerprint density at radius 2 is 2.56 bits per heavy atom. The van der Waals surface area contributed by atoms with E-state index in [1.165, 1.54) is 5.56 Å². The minimum absolute atomic E-state index is 0.495. The van der Waals surface area contributed by atoms with E-state index in [0.29, 0.717) is 6.54 Å². The zero-order valence-corrected chi connectivity index (χ0v) is 10.5. The fourth-order valence-electron chi connectivity index (χ4n) is 1.85. The highest BCUT2D eigenvalue weighted by Crippen LogP contribution is 2.26. The highest BCUT2D eigenvalue weighted by atomic mass is 32.2. The Bertz CT molecular complexity index is 334. The molecule has 1 atom stereocenters. The van der Waals surface area contributed by atoms with Gasteiger partial charge in [0.25, 0.3) is 0 Å². The smallest absolute Gasteiger partial charge is 0.0869 e. The van der Waals surface area contributed by atoms with Crippen molar-refractivity contribution >= 4 is 11.8 Å². The van der Waals surface area contributed by atoms with E-state index in [0.717, 1.165) is 31.0 Å². The van der Waals surface area contributed by atoms with Crippen molar-refractivity contribution < 1.29 is 5.11 Å². The molecule has 0 amide bonds. The van der Waals surface area contributed by atoms with Crippen molar-refractivity contribution in [1.82, 2.24) is 15.1 Å². The van der Waals surface area contributed by atoms with Gasteiger partial charge in [0.1, 0.15) is 0 Å². The van der Waals surface area contributed by atoms with Gasteiger partial charge in [0.05, 0.1) is 11.8 Å². The molecule has 16 heavy (non-hydrogen) atoms. The van der Waals surface area contributed by atoms with Gasteiger partial charge in [-0.25, -0.2) is 0 Å². The Hall–Kier alpha value is -0.520. The van der Waals surface area contributed by atoms with Gasteiger partial charge in [-0.15, -0.1) is 0 Å². The molecular weight excluding hydrogens is 222 g/mol. The quantitative estimate of drug-likeness (QED) is 0.803. The second-order valence-electron chi connectivity index (χ2n) is 4.33. The van der Waals surface area contributed by atoms with Gasteiger partial charge in [-0.3, -0.25) is 4.68 Å². The molecule has 1 unspecified atom stereocenters. The summed E-state index contributed by atoms with van der Waals surface area (Å²) in [5.74, 6) is 1.93. The lowest BCUT2D eigenvalue weighted by Crippen LogP contribution is -2.40. The molecule has 2 heterocycles. The summed E-state index contributed by atoms with van der Waals surface area (Å²) in [5, 5.41) is 17.6. The normalized spacial score (nSPS) is 25.1. The van der Waals surface area contributed by atoms with Gasteiger partial charge in [-0.2, -0.15) is 16.9 Å². The Balaban J connectivity index is 1.75. The van der Waals surface area contributed by atoms with Gasteiger partial charge in [-0.1, -0.05) is 0 Å². The van der Waals surface area contributed by atoms with Crippen LogP contribution in [0, 0.1) is 0 Å². The molecule has 0 radical (unpaired) electrons. The Kier molecular flexibility index (Phi) is 3.89. The molecule has 1 aliphatic heterocycles. The summed E-state index contributed by atoms with van der Waals surface area (Å²) in [5.41, 5.74) is 0.682. The van der Waals surface area contributed by atoms with Crippen molar-refractivity contribution in [3.05, 3.63) is 18.0 Å². The molecule has 2 rings (SSSR count). The first-order valence-corrected chi connectivity index (χ1v) is 6.89. The fraction of sp³-hybridized carbons (Fsp3) is 0.727. The highest BCUT2D eigenvalue weighted by molar-refractivity contribution is 7.99. The maximum absolute atomic E-state index is 10.1. The zero-order valence-electron chi connectivity index (χ0n) is 9.65. The van der Waals surface area contributed by atoms with Crippen molar-refractivity contribution in [2.75, 3.05) is 18.1 Å². The number of nitrogens with one attached hydrogen (secondary N) is 1. The first-order chi connectivity index (χ1) is 7.72. The van der Waals surface area contributed by atoms with Crippen molar-refractivity contribution in [2.24, 2.45) is 0 Å². The molecule has 0 aromatic carbocycles. The lowest BCUT2D eigenvalue weighted by Gasteiger charge is -2.21. The van der Waals surface area contributed by atoms with E-state index in [9.17, 15) is 5.11 Å². The Morgan fingerprint density at radius 1 is 1.69 bits per heavy atom. The summed E-state index contributed by atoms with van der Waals surface area (Å²) in [6.45, 7) is 4.44. The molecule has 4 nitrogen and oxygen atoms in total. The van der Waals surface area contributed by atoms with Crippen LogP contribution in [0.1, 0.15) is 18.9 Å². The predicted octanol–water partition coefficient (Wildman–Crippen LogP) is 0.861. The Labute approximate surface area is 100 Å². The van der Waals surface area contributed by atoms with E-state index in [1.807, 2.05) is 28.8 Å². The van der Waals surface area contributed by atoms with Crippen LogP contribution < -0.4 is 5.32 Å². The third-order valence-corrected chi connectivity index (χ3v) is 4.11. The number of aryl methyl sites for hydroxylation is 1. The van der Waals surface area contributed by atoms with Crippen molar-refractivity contribution in [3.63, 3.8) is 0 Å². The van der Waals surface area contributed by atoms with E-state index in [1.54, 1.807) is 0 Å². The summed E-state index contributed by atoms with van der Waals surface area (Å²) in [6.07, 6.45) is 4.82. The third kappa shape index (κ3) is 2.99. The molecule has 1 saturated heterocycles. The van der Waals surface area contributed by atoms with Crippen LogP contribution in [0.15, 0.2) is 12.4 Å². The van der Waals surface area contributed by atoms with Crippen LogP contribution >= 0.6 is 11.8 Å². The molecule has 0 saturated carbocycles. The first-order valence-electron chi connectivity index (χ1n) is 5.74. The molecule has 0 spiro atoms. The summed E-state index contributed by atoms with van der Waals surface area (Å²) in [7, 11) is 0. The van der Waals surface area contributed by atoms with E-state index in [2.05, 4.69) is 17.3 Å². The predicted molar refractivity (Wildman–Crippen MR) is 66.5 cm³/mol. The van der Waals surface area contributed by atoms with Gasteiger partial charge < -0.3 is 10.4 Å². The number of hydrogen-bond acceptors (Lipinski definition) is 4. The van der Waals surface area contributed by atoms with E-state index in [-0.39, 0.29) is 0 Å². The van der Waals surface area contributed by atoms with Gasteiger partial charge in [0.2, 0.25) is 0 Å². The SMILES string of the molecule is CCn1cc(CNCC2(O)CCSC2)cn1. The monoisotopic (exact) mass is 241 g/mol. The fourth-order valence-corrected chi connectivity index (χ4v) is 3.14. The number of thioether (sulfide) groups is 1.